The van der Waals surface area contributed by atoms with Crippen molar-refractivity contribution in [1.29, 1.82) is 0 Å². The van der Waals surface area contributed by atoms with Crippen molar-refractivity contribution in [2.75, 3.05) is 19.7 Å². The molecule has 2 N–H and O–H groups in total. The second-order valence-electron chi connectivity index (χ2n) is 4.40. The standard InChI is InChI=1S/C14H18N2O2S/c1-2-12-14(18)15-6-7-16(12)10-13-11(4-3-8-17)5-9-19-13/h5,9,12,17H,2,6-8,10H2,1H3,(H,15,18). The van der Waals surface area contributed by atoms with Gasteiger partial charge in [0.25, 0.3) is 0 Å². The lowest BCUT2D eigenvalue weighted by atomic mass is 10.1. The fourth-order valence-electron chi connectivity index (χ4n) is 2.29. The van der Waals surface area contributed by atoms with Crippen molar-refractivity contribution in [3.63, 3.8) is 0 Å². The first kappa shape index (κ1) is 14.1. The Labute approximate surface area is 117 Å². The quantitative estimate of drug-likeness (QED) is 0.804. The molecule has 2 heterocycles. The van der Waals surface area contributed by atoms with E-state index in [9.17, 15) is 4.79 Å². The predicted molar refractivity (Wildman–Crippen MR) is 75.8 cm³/mol. The van der Waals surface area contributed by atoms with Crippen LogP contribution in [0, 0.1) is 11.8 Å². The highest BCUT2D eigenvalue weighted by Gasteiger charge is 2.28. The molecule has 19 heavy (non-hydrogen) atoms. The van der Waals surface area contributed by atoms with Crippen LogP contribution in [-0.2, 0) is 11.3 Å². The molecule has 1 aliphatic rings. The van der Waals surface area contributed by atoms with Crippen molar-refractivity contribution in [1.82, 2.24) is 10.2 Å². The van der Waals surface area contributed by atoms with E-state index in [0.29, 0.717) is 6.54 Å². The SMILES string of the molecule is CCC1C(=O)NCCN1Cc1sccc1C#CCO. The van der Waals surface area contributed by atoms with Gasteiger partial charge in [-0.25, -0.2) is 0 Å². The van der Waals surface area contributed by atoms with E-state index < -0.39 is 0 Å². The number of carbonyl (C=O) groups is 1. The van der Waals surface area contributed by atoms with Crippen molar-refractivity contribution < 1.29 is 9.90 Å². The van der Waals surface area contributed by atoms with Crippen LogP contribution >= 0.6 is 11.3 Å². The predicted octanol–water partition coefficient (Wildman–Crippen LogP) is 0.802. The Balaban J connectivity index is 2.11. The monoisotopic (exact) mass is 278 g/mol. The van der Waals surface area contributed by atoms with Crippen molar-refractivity contribution >= 4 is 17.2 Å². The minimum atomic E-state index is -0.126. The van der Waals surface area contributed by atoms with Crippen LogP contribution in [0.3, 0.4) is 0 Å². The Kier molecular flexibility index (Phi) is 4.97. The number of nitrogens with one attached hydrogen (secondary N) is 1. The van der Waals surface area contributed by atoms with Gasteiger partial charge in [-0.05, 0) is 17.9 Å². The highest BCUT2D eigenvalue weighted by atomic mass is 32.1. The van der Waals surface area contributed by atoms with E-state index in [1.54, 1.807) is 11.3 Å². The maximum atomic E-state index is 11.8. The maximum absolute atomic E-state index is 11.8. The molecular formula is C14H18N2O2S. The summed E-state index contributed by atoms with van der Waals surface area (Å²) >= 11 is 1.65. The first-order valence-corrected chi connectivity index (χ1v) is 7.32. The Morgan fingerprint density at radius 3 is 3.21 bits per heavy atom. The van der Waals surface area contributed by atoms with E-state index >= 15 is 0 Å². The maximum Gasteiger partial charge on any atom is 0.237 e. The molecule has 0 spiro atoms. The van der Waals surface area contributed by atoms with Crippen LogP contribution in [0.25, 0.3) is 0 Å². The summed E-state index contributed by atoms with van der Waals surface area (Å²) in [5, 5.41) is 13.7. The Hall–Kier alpha value is -1.35. The molecule has 5 heteroatoms. The first-order chi connectivity index (χ1) is 9.26. The number of nitrogens with zero attached hydrogens (tertiary/aromatic N) is 1. The van der Waals surface area contributed by atoms with Crippen LogP contribution in [-0.4, -0.2) is 41.7 Å². The molecule has 4 nitrogen and oxygen atoms in total. The van der Waals surface area contributed by atoms with Gasteiger partial charge in [0.1, 0.15) is 6.61 Å². The van der Waals surface area contributed by atoms with Crippen LogP contribution < -0.4 is 5.32 Å². The fraction of sp³-hybridized carbons (Fsp3) is 0.500. The van der Waals surface area contributed by atoms with E-state index in [1.807, 2.05) is 18.4 Å². The average molecular weight is 278 g/mol. The lowest BCUT2D eigenvalue weighted by Gasteiger charge is -2.34. The highest BCUT2D eigenvalue weighted by molar-refractivity contribution is 7.10. The number of rotatable bonds is 3. The van der Waals surface area contributed by atoms with Gasteiger partial charge >= 0.3 is 0 Å². The zero-order chi connectivity index (χ0) is 13.7. The van der Waals surface area contributed by atoms with E-state index in [2.05, 4.69) is 22.1 Å². The van der Waals surface area contributed by atoms with Gasteiger partial charge in [-0.1, -0.05) is 18.8 Å². The van der Waals surface area contributed by atoms with Crippen molar-refractivity contribution in [2.24, 2.45) is 0 Å². The molecule has 0 aromatic carbocycles. The zero-order valence-electron chi connectivity index (χ0n) is 11.0. The largest absolute Gasteiger partial charge is 0.384 e. The highest BCUT2D eigenvalue weighted by Crippen LogP contribution is 2.21. The van der Waals surface area contributed by atoms with Crippen LogP contribution in [0.5, 0.6) is 0 Å². The minimum Gasteiger partial charge on any atom is -0.384 e. The van der Waals surface area contributed by atoms with E-state index in [-0.39, 0.29) is 18.6 Å². The van der Waals surface area contributed by atoms with Crippen LogP contribution in [0.15, 0.2) is 11.4 Å². The van der Waals surface area contributed by atoms with Gasteiger partial charge in [0.2, 0.25) is 5.91 Å². The van der Waals surface area contributed by atoms with Gasteiger partial charge in [-0.3, -0.25) is 9.69 Å². The molecule has 1 fully saturated rings. The Morgan fingerprint density at radius 2 is 2.47 bits per heavy atom. The van der Waals surface area contributed by atoms with Crippen LogP contribution in [0.1, 0.15) is 23.8 Å². The summed E-state index contributed by atoms with van der Waals surface area (Å²) in [6.45, 7) is 4.23. The van der Waals surface area contributed by atoms with Crippen molar-refractivity contribution in [3.05, 3.63) is 21.9 Å². The van der Waals surface area contributed by atoms with Gasteiger partial charge in [-0.15, -0.1) is 11.3 Å². The molecule has 102 valence electrons. The lowest BCUT2D eigenvalue weighted by molar-refractivity contribution is -0.129. The molecule has 1 saturated heterocycles. The molecular weight excluding hydrogens is 260 g/mol. The average Bonchev–Trinajstić information content (AvgIpc) is 2.84. The Bertz CT molecular complexity index is 501. The number of amides is 1. The van der Waals surface area contributed by atoms with Gasteiger partial charge in [0.15, 0.2) is 0 Å². The number of aliphatic hydroxyl groups is 1. The van der Waals surface area contributed by atoms with Crippen molar-refractivity contribution in [2.45, 2.75) is 25.9 Å². The van der Waals surface area contributed by atoms with E-state index in [4.69, 9.17) is 5.11 Å². The number of piperazine rings is 1. The summed E-state index contributed by atoms with van der Waals surface area (Å²) in [6, 6.07) is 1.92. The third-order valence-electron chi connectivity index (χ3n) is 3.22. The molecule has 0 saturated carbocycles. The molecule has 1 amide bonds. The van der Waals surface area contributed by atoms with Crippen LogP contribution in [0.2, 0.25) is 0 Å². The van der Waals surface area contributed by atoms with Crippen LogP contribution in [0.4, 0.5) is 0 Å². The second kappa shape index (κ2) is 6.71. The summed E-state index contributed by atoms with van der Waals surface area (Å²) in [7, 11) is 0. The number of hydrogen-bond donors (Lipinski definition) is 2. The molecule has 0 radical (unpaired) electrons. The summed E-state index contributed by atoms with van der Waals surface area (Å²) in [4.78, 5) is 15.2. The minimum absolute atomic E-state index is 0.0468. The first-order valence-electron chi connectivity index (χ1n) is 6.44. The molecule has 0 bridgehead atoms. The topological polar surface area (TPSA) is 52.6 Å². The van der Waals surface area contributed by atoms with E-state index in [0.717, 1.165) is 30.0 Å². The summed E-state index contributed by atoms with van der Waals surface area (Å²) < 4.78 is 0. The van der Waals surface area contributed by atoms with Crippen molar-refractivity contribution in [3.8, 4) is 11.8 Å². The van der Waals surface area contributed by atoms with Gasteiger partial charge < -0.3 is 10.4 Å². The number of carbonyl (C=O) groups excluding carboxylic acids is 1. The van der Waals surface area contributed by atoms with Gasteiger partial charge in [0.05, 0.1) is 6.04 Å². The molecule has 1 atom stereocenters. The summed E-state index contributed by atoms with van der Waals surface area (Å²) in [5.74, 6) is 5.76. The second-order valence-corrected chi connectivity index (χ2v) is 5.40. The molecule has 1 aromatic rings. The molecule has 2 rings (SSSR count). The van der Waals surface area contributed by atoms with Gasteiger partial charge in [-0.2, -0.15) is 0 Å². The third kappa shape index (κ3) is 3.35. The summed E-state index contributed by atoms with van der Waals surface area (Å²) in [5.41, 5.74) is 0.958. The number of thiophene rings is 1. The normalized spacial score (nSPS) is 19.7. The molecule has 1 aromatic heterocycles. The van der Waals surface area contributed by atoms with Gasteiger partial charge in [0, 0.05) is 30.1 Å². The Morgan fingerprint density at radius 1 is 1.63 bits per heavy atom. The fourth-order valence-corrected chi connectivity index (χ4v) is 3.14. The third-order valence-corrected chi connectivity index (χ3v) is 4.13. The summed E-state index contributed by atoms with van der Waals surface area (Å²) in [6.07, 6.45) is 0.814. The zero-order valence-corrected chi connectivity index (χ0v) is 11.8. The number of hydrogen-bond acceptors (Lipinski definition) is 4. The smallest absolute Gasteiger partial charge is 0.237 e. The van der Waals surface area contributed by atoms with E-state index in [1.165, 1.54) is 0 Å². The lowest BCUT2D eigenvalue weighted by Crippen LogP contribution is -2.54. The molecule has 1 unspecified atom stereocenters. The molecule has 1 aliphatic heterocycles. The molecule has 0 aliphatic carbocycles. The number of aliphatic hydroxyl groups excluding tert-OH is 1.